The van der Waals surface area contributed by atoms with Crippen LogP contribution < -0.4 is 5.73 Å². The molecule has 0 heterocycles. The van der Waals surface area contributed by atoms with Crippen LogP contribution in [0.1, 0.15) is 19.4 Å². The molecule has 16 heavy (non-hydrogen) atoms. The highest BCUT2D eigenvalue weighted by Gasteiger charge is 2.16. The van der Waals surface area contributed by atoms with Crippen molar-refractivity contribution in [3.05, 3.63) is 29.6 Å². The number of benzene rings is 1. The predicted molar refractivity (Wildman–Crippen MR) is 63.4 cm³/mol. The van der Waals surface area contributed by atoms with Gasteiger partial charge in [0, 0.05) is 18.8 Å². The molecule has 0 atom stereocenters. The summed E-state index contributed by atoms with van der Waals surface area (Å²) in [6.07, 6.45) is 0. The molecule has 0 aliphatic heterocycles. The zero-order chi connectivity index (χ0) is 12.3. The fourth-order valence-electron chi connectivity index (χ4n) is 1.72. The molecule has 4 heteroatoms. The quantitative estimate of drug-likeness (QED) is 0.767. The van der Waals surface area contributed by atoms with E-state index in [1.165, 1.54) is 12.1 Å². The van der Waals surface area contributed by atoms with E-state index in [1.807, 2.05) is 11.9 Å². The molecule has 0 aliphatic carbocycles. The number of rotatable bonds is 4. The van der Waals surface area contributed by atoms with Gasteiger partial charge in [0.1, 0.15) is 5.82 Å². The van der Waals surface area contributed by atoms with Crippen molar-refractivity contribution in [1.29, 1.82) is 0 Å². The smallest absolute Gasteiger partial charge is 0.125 e. The second-order valence-electron chi connectivity index (χ2n) is 4.83. The number of aliphatic hydroxyl groups is 1. The molecule has 3 N–H and O–H groups in total. The largest absolute Gasteiger partial charge is 0.398 e. The van der Waals surface area contributed by atoms with E-state index in [0.29, 0.717) is 18.8 Å². The normalized spacial score (nSPS) is 12.1. The summed E-state index contributed by atoms with van der Waals surface area (Å²) in [6.45, 7) is 4.62. The minimum atomic E-state index is -0.746. The van der Waals surface area contributed by atoms with Crippen molar-refractivity contribution >= 4 is 5.69 Å². The lowest BCUT2D eigenvalue weighted by atomic mass is 10.1. The maximum atomic E-state index is 12.8. The van der Waals surface area contributed by atoms with Crippen LogP contribution in [0.15, 0.2) is 18.2 Å². The Hall–Kier alpha value is -1.13. The van der Waals surface area contributed by atoms with Crippen molar-refractivity contribution in [1.82, 2.24) is 4.90 Å². The minimum Gasteiger partial charge on any atom is -0.398 e. The molecule has 0 spiro atoms. The number of likely N-dealkylation sites (N-methyl/N-ethyl adjacent to an activating group) is 1. The van der Waals surface area contributed by atoms with E-state index in [2.05, 4.69) is 0 Å². The van der Waals surface area contributed by atoms with Crippen molar-refractivity contribution in [2.75, 3.05) is 19.3 Å². The highest BCUT2D eigenvalue weighted by Crippen LogP contribution is 2.16. The van der Waals surface area contributed by atoms with Crippen molar-refractivity contribution in [3.8, 4) is 0 Å². The summed E-state index contributed by atoms with van der Waals surface area (Å²) >= 11 is 0. The number of hydrogen-bond donors (Lipinski definition) is 2. The zero-order valence-electron chi connectivity index (χ0n) is 10.00. The van der Waals surface area contributed by atoms with Crippen LogP contribution in [0, 0.1) is 5.82 Å². The van der Waals surface area contributed by atoms with Crippen LogP contribution in [0.4, 0.5) is 10.1 Å². The van der Waals surface area contributed by atoms with E-state index >= 15 is 0 Å². The lowest BCUT2D eigenvalue weighted by molar-refractivity contribution is 0.0425. The Bertz CT molecular complexity index is 361. The summed E-state index contributed by atoms with van der Waals surface area (Å²) < 4.78 is 12.8. The Morgan fingerprint density at radius 3 is 2.56 bits per heavy atom. The maximum absolute atomic E-state index is 12.8. The van der Waals surface area contributed by atoms with Gasteiger partial charge in [0.05, 0.1) is 5.60 Å². The van der Waals surface area contributed by atoms with E-state index in [-0.39, 0.29) is 5.82 Å². The summed E-state index contributed by atoms with van der Waals surface area (Å²) in [4.78, 5) is 1.95. The van der Waals surface area contributed by atoms with Gasteiger partial charge in [0.25, 0.3) is 0 Å². The SMILES string of the molecule is CN(Cc1ccc(F)cc1N)CC(C)(C)O. The molecule has 0 unspecified atom stereocenters. The number of anilines is 1. The Morgan fingerprint density at radius 2 is 2.06 bits per heavy atom. The van der Waals surface area contributed by atoms with Gasteiger partial charge in [-0.15, -0.1) is 0 Å². The molecule has 0 saturated carbocycles. The van der Waals surface area contributed by atoms with E-state index in [0.717, 1.165) is 5.56 Å². The van der Waals surface area contributed by atoms with Gasteiger partial charge in [-0.2, -0.15) is 0 Å². The number of nitrogens with zero attached hydrogens (tertiary/aromatic N) is 1. The third-order valence-electron chi connectivity index (χ3n) is 2.21. The highest BCUT2D eigenvalue weighted by atomic mass is 19.1. The van der Waals surface area contributed by atoms with E-state index in [9.17, 15) is 9.50 Å². The van der Waals surface area contributed by atoms with Gasteiger partial charge in [0.2, 0.25) is 0 Å². The van der Waals surface area contributed by atoms with Crippen molar-refractivity contribution in [2.24, 2.45) is 0 Å². The lowest BCUT2D eigenvalue weighted by Gasteiger charge is -2.25. The van der Waals surface area contributed by atoms with Gasteiger partial charge < -0.3 is 10.8 Å². The molecule has 1 aromatic rings. The standard InChI is InChI=1S/C12H19FN2O/c1-12(2,16)8-15(3)7-9-4-5-10(13)6-11(9)14/h4-6,16H,7-8,14H2,1-3H3. The molecular formula is C12H19FN2O. The van der Waals surface area contributed by atoms with E-state index < -0.39 is 5.60 Å². The van der Waals surface area contributed by atoms with Crippen LogP contribution in [0.25, 0.3) is 0 Å². The lowest BCUT2D eigenvalue weighted by Crippen LogP contribution is -2.35. The van der Waals surface area contributed by atoms with Crippen molar-refractivity contribution in [3.63, 3.8) is 0 Å². The van der Waals surface area contributed by atoms with E-state index in [1.54, 1.807) is 19.9 Å². The topological polar surface area (TPSA) is 49.5 Å². The molecule has 0 fully saturated rings. The highest BCUT2D eigenvalue weighted by molar-refractivity contribution is 5.46. The molecule has 1 aromatic carbocycles. The number of hydrogen-bond acceptors (Lipinski definition) is 3. The van der Waals surface area contributed by atoms with Crippen LogP contribution in [0.3, 0.4) is 0 Å². The summed E-state index contributed by atoms with van der Waals surface area (Å²) in [5, 5.41) is 9.65. The fourth-order valence-corrected chi connectivity index (χ4v) is 1.72. The summed E-state index contributed by atoms with van der Waals surface area (Å²) in [5.74, 6) is -0.327. The van der Waals surface area contributed by atoms with Gasteiger partial charge in [-0.05, 0) is 38.6 Å². The number of nitrogen functional groups attached to an aromatic ring is 1. The average Bonchev–Trinajstić information content (AvgIpc) is 2.06. The molecular weight excluding hydrogens is 207 g/mol. The average molecular weight is 226 g/mol. The Labute approximate surface area is 95.7 Å². The first-order valence-electron chi connectivity index (χ1n) is 5.23. The second kappa shape index (κ2) is 4.80. The first-order valence-corrected chi connectivity index (χ1v) is 5.23. The van der Waals surface area contributed by atoms with Gasteiger partial charge >= 0.3 is 0 Å². The minimum absolute atomic E-state index is 0.327. The summed E-state index contributed by atoms with van der Waals surface area (Å²) in [5.41, 5.74) is 6.27. The van der Waals surface area contributed by atoms with Crippen LogP contribution >= 0.6 is 0 Å². The van der Waals surface area contributed by atoms with Gasteiger partial charge in [-0.25, -0.2) is 4.39 Å². The van der Waals surface area contributed by atoms with Crippen LogP contribution in [-0.4, -0.2) is 29.2 Å². The zero-order valence-corrected chi connectivity index (χ0v) is 10.00. The molecule has 0 aliphatic rings. The Balaban J connectivity index is 2.66. The molecule has 0 radical (unpaired) electrons. The number of nitrogens with two attached hydrogens (primary N) is 1. The van der Waals surface area contributed by atoms with Gasteiger partial charge in [-0.1, -0.05) is 6.07 Å². The third-order valence-corrected chi connectivity index (χ3v) is 2.21. The van der Waals surface area contributed by atoms with Crippen LogP contribution in [0.2, 0.25) is 0 Å². The second-order valence-corrected chi connectivity index (χ2v) is 4.83. The molecule has 90 valence electrons. The maximum Gasteiger partial charge on any atom is 0.125 e. The van der Waals surface area contributed by atoms with Gasteiger partial charge in [-0.3, -0.25) is 4.90 Å². The molecule has 0 saturated heterocycles. The van der Waals surface area contributed by atoms with E-state index in [4.69, 9.17) is 5.73 Å². The summed E-state index contributed by atoms with van der Waals surface area (Å²) in [6, 6.07) is 4.38. The van der Waals surface area contributed by atoms with Crippen molar-refractivity contribution in [2.45, 2.75) is 26.0 Å². The Morgan fingerprint density at radius 1 is 1.44 bits per heavy atom. The first-order chi connectivity index (χ1) is 7.28. The molecule has 3 nitrogen and oxygen atoms in total. The number of halogens is 1. The van der Waals surface area contributed by atoms with Crippen LogP contribution in [0.5, 0.6) is 0 Å². The predicted octanol–water partition coefficient (Wildman–Crippen LogP) is 1.61. The first kappa shape index (κ1) is 12.9. The molecule has 1 rings (SSSR count). The van der Waals surface area contributed by atoms with Crippen LogP contribution in [-0.2, 0) is 6.54 Å². The van der Waals surface area contributed by atoms with Gasteiger partial charge in [0.15, 0.2) is 0 Å². The third kappa shape index (κ3) is 4.16. The summed E-state index contributed by atoms with van der Waals surface area (Å²) in [7, 11) is 1.89. The molecule has 0 aromatic heterocycles. The molecule has 0 amide bonds. The van der Waals surface area contributed by atoms with Crippen molar-refractivity contribution < 1.29 is 9.50 Å². The Kier molecular flexibility index (Phi) is 3.88. The fraction of sp³-hybridized carbons (Fsp3) is 0.500. The monoisotopic (exact) mass is 226 g/mol. The molecule has 0 bridgehead atoms.